The van der Waals surface area contributed by atoms with Crippen LogP contribution in [0.25, 0.3) is 0 Å². The van der Waals surface area contributed by atoms with Gasteiger partial charge in [-0.15, -0.1) is 0 Å². The van der Waals surface area contributed by atoms with Crippen LogP contribution in [-0.4, -0.2) is 124 Å². The van der Waals surface area contributed by atoms with Crippen LogP contribution >= 0.6 is 22.6 Å². The fourth-order valence-corrected chi connectivity index (χ4v) is 8.18. The zero-order valence-electron chi connectivity index (χ0n) is 29.6. The van der Waals surface area contributed by atoms with Gasteiger partial charge in [-0.25, -0.2) is 0 Å². The third-order valence-corrected chi connectivity index (χ3v) is 11.4. The second kappa shape index (κ2) is 19.5. The molecule has 2 fully saturated rings. The summed E-state index contributed by atoms with van der Waals surface area (Å²) in [6.07, 6.45) is 4.81. The number of allylic oxidation sites excluding steroid dienone is 3. The average Bonchev–Trinajstić information content (AvgIpc) is 3.04. The summed E-state index contributed by atoms with van der Waals surface area (Å²) in [5.74, 6) is -1.57. The summed E-state index contributed by atoms with van der Waals surface area (Å²) in [7, 11) is 3.59. The molecule has 3 N–H and O–H groups in total. The van der Waals surface area contributed by atoms with Crippen molar-refractivity contribution >= 4 is 34.3 Å². The second-order valence-electron chi connectivity index (χ2n) is 14.4. The van der Waals surface area contributed by atoms with Crippen LogP contribution in [-0.2, 0) is 23.8 Å². The van der Waals surface area contributed by atoms with E-state index in [0.29, 0.717) is 19.3 Å². The van der Waals surface area contributed by atoms with E-state index in [9.17, 15) is 24.9 Å². The van der Waals surface area contributed by atoms with Gasteiger partial charge in [0.15, 0.2) is 12.1 Å². The van der Waals surface area contributed by atoms with Gasteiger partial charge in [-0.1, -0.05) is 67.5 Å². The molecular formula is C36H61IN2O8. The van der Waals surface area contributed by atoms with E-state index in [-0.39, 0.29) is 36.1 Å². The third-order valence-electron chi connectivity index (χ3n) is 10.4. The highest BCUT2D eigenvalue weighted by atomic mass is 127. The van der Waals surface area contributed by atoms with E-state index in [1.165, 1.54) is 6.42 Å². The summed E-state index contributed by atoms with van der Waals surface area (Å²) in [6.45, 7) is 12.3. The molecule has 0 saturated carbocycles. The molecule has 0 radical (unpaired) electrons. The van der Waals surface area contributed by atoms with Gasteiger partial charge in [-0.2, -0.15) is 0 Å². The van der Waals surface area contributed by atoms with E-state index in [4.69, 9.17) is 14.2 Å². The van der Waals surface area contributed by atoms with Crippen LogP contribution < -0.4 is 0 Å². The van der Waals surface area contributed by atoms with Gasteiger partial charge >= 0.3 is 5.97 Å². The number of aliphatic hydroxyl groups is 3. The Morgan fingerprint density at radius 2 is 1.72 bits per heavy atom. The molecule has 10 nitrogen and oxygen atoms in total. The molecule has 12 atom stereocenters. The fraction of sp³-hybridized carbons (Fsp3) is 0.833. The van der Waals surface area contributed by atoms with Crippen LogP contribution in [0, 0.1) is 23.7 Å². The van der Waals surface area contributed by atoms with Gasteiger partial charge in [0.2, 0.25) is 0 Å². The number of carbonyl (C=O) groups excluding carboxylic acids is 2. The number of likely N-dealkylation sites (N-methyl/N-ethyl adjacent to an activating group) is 1. The zero-order valence-corrected chi connectivity index (χ0v) is 31.8. The first kappa shape index (κ1) is 40.5. The number of hydrogen-bond acceptors (Lipinski definition) is 10. The maximum Gasteiger partial charge on any atom is 0.308 e. The van der Waals surface area contributed by atoms with Crippen molar-refractivity contribution in [2.24, 2.45) is 23.7 Å². The quantitative estimate of drug-likeness (QED) is 0.188. The Kier molecular flexibility index (Phi) is 16.8. The number of rotatable bonds is 8. The molecule has 2 saturated heterocycles. The number of ether oxygens (including phenoxy) is 3. The number of ketones is 1. The van der Waals surface area contributed by atoms with Gasteiger partial charge in [0.25, 0.3) is 0 Å². The summed E-state index contributed by atoms with van der Waals surface area (Å²) in [4.78, 5) is 31.0. The van der Waals surface area contributed by atoms with E-state index < -0.39 is 54.7 Å². The van der Waals surface area contributed by atoms with Crippen LogP contribution in [0.1, 0.15) is 79.6 Å². The van der Waals surface area contributed by atoms with Crippen molar-refractivity contribution in [3.05, 3.63) is 23.8 Å². The summed E-state index contributed by atoms with van der Waals surface area (Å²) >= 11 is 2.29. The first-order valence-electron chi connectivity index (χ1n) is 17.7. The van der Waals surface area contributed by atoms with E-state index in [1.54, 1.807) is 32.0 Å². The first-order valence-corrected chi connectivity index (χ1v) is 19.2. The number of esters is 1. The number of halogens is 1. The minimum Gasteiger partial charge on any atom is -0.462 e. The number of likely N-dealkylation sites (tertiary alicyclic amines) is 1. The summed E-state index contributed by atoms with van der Waals surface area (Å²) in [5.41, 5.74) is 0.931. The molecule has 1 unspecified atom stereocenters. The number of cyclic esters (lactones) is 1. The highest BCUT2D eigenvalue weighted by Crippen LogP contribution is 2.35. The largest absolute Gasteiger partial charge is 0.462 e. The van der Waals surface area contributed by atoms with Crippen LogP contribution in [0.2, 0.25) is 0 Å². The Morgan fingerprint density at radius 1 is 1.04 bits per heavy atom. The van der Waals surface area contributed by atoms with Gasteiger partial charge in [-0.05, 0) is 91.7 Å². The lowest BCUT2D eigenvalue weighted by Gasteiger charge is -2.47. The Balaban J connectivity index is 2.02. The SMILES string of the molecule is CC[C@H]1OC(=O)C[C@@H](O)[C@H](C)[C@@H](O[C@@H]2O[C@H](C)[C@@H](O)[C@H](N(C)C)[C@H]2O)[C@@H](CCN2CCCCC2)C[C@@H](C)C(=O)C=CC(C)=CC1CI. The molecule has 11 heteroatoms. The molecule has 0 aromatic carbocycles. The number of aliphatic hydroxyl groups excluding tert-OH is 3. The molecule has 3 aliphatic heterocycles. The molecule has 0 bridgehead atoms. The molecule has 3 rings (SSSR count). The molecule has 3 aliphatic rings. The number of piperidine rings is 1. The van der Waals surface area contributed by atoms with Crippen LogP contribution in [0.15, 0.2) is 23.8 Å². The second-order valence-corrected chi connectivity index (χ2v) is 15.2. The lowest BCUT2D eigenvalue weighted by molar-refractivity contribution is -0.304. The molecule has 0 aromatic rings. The van der Waals surface area contributed by atoms with Crippen molar-refractivity contribution in [3.8, 4) is 0 Å². The van der Waals surface area contributed by atoms with Crippen LogP contribution in [0.3, 0.4) is 0 Å². The fourth-order valence-electron chi connectivity index (χ4n) is 7.36. The Morgan fingerprint density at radius 3 is 2.34 bits per heavy atom. The standard InChI is InChI=1S/C36H61IN2O8/c1-8-30-27(21-37)18-22(2)12-13-28(40)23(3)19-26(14-17-39-15-10-9-11-16-39)35(24(4)29(41)20-31(42)46-30)47-36-34(44)32(38(6)7)33(43)25(5)45-36/h12-13,18,23-27,29-30,32-36,41,43-44H,8-11,14-17,19-21H2,1-7H3/t23-,24+,25-,26+,27?,29-,30-,32+,33-,34-,35-,36+/m1/s1. The molecule has 0 spiro atoms. The summed E-state index contributed by atoms with van der Waals surface area (Å²) in [5, 5.41) is 33.9. The zero-order chi connectivity index (χ0) is 34.8. The van der Waals surface area contributed by atoms with E-state index in [2.05, 4.69) is 33.6 Å². The number of alkyl halides is 1. The Hall–Kier alpha value is -0.930. The first-order chi connectivity index (χ1) is 22.3. The molecular weight excluding hydrogens is 715 g/mol. The maximum absolute atomic E-state index is 13.5. The Labute approximate surface area is 296 Å². The normalized spacial score (nSPS) is 39.1. The van der Waals surface area contributed by atoms with Gasteiger partial charge in [0, 0.05) is 22.2 Å². The van der Waals surface area contributed by atoms with Gasteiger partial charge < -0.3 is 39.3 Å². The van der Waals surface area contributed by atoms with Crippen molar-refractivity contribution in [3.63, 3.8) is 0 Å². The minimum absolute atomic E-state index is 0.0163. The predicted octanol–water partition coefficient (Wildman–Crippen LogP) is 4.13. The van der Waals surface area contributed by atoms with E-state index in [0.717, 1.165) is 42.5 Å². The van der Waals surface area contributed by atoms with Crippen LogP contribution in [0.5, 0.6) is 0 Å². The summed E-state index contributed by atoms with van der Waals surface area (Å²) < 4.78 is 19.5. The van der Waals surface area contributed by atoms with Gasteiger partial charge in [0.1, 0.15) is 12.2 Å². The summed E-state index contributed by atoms with van der Waals surface area (Å²) in [6, 6.07) is -0.629. The number of carbonyl (C=O) groups is 2. The molecule has 0 amide bonds. The topological polar surface area (TPSA) is 129 Å². The lowest BCUT2D eigenvalue weighted by atomic mass is 9.79. The van der Waals surface area contributed by atoms with Crippen molar-refractivity contribution in [1.29, 1.82) is 0 Å². The van der Waals surface area contributed by atoms with Crippen molar-refractivity contribution in [2.45, 2.75) is 129 Å². The van der Waals surface area contributed by atoms with Crippen LogP contribution in [0.4, 0.5) is 0 Å². The van der Waals surface area contributed by atoms with E-state index in [1.807, 2.05) is 33.8 Å². The monoisotopic (exact) mass is 776 g/mol. The number of hydrogen-bond donors (Lipinski definition) is 3. The highest BCUT2D eigenvalue weighted by molar-refractivity contribution is 14.1. The minimum atomic E-state index is -1.17. The van der Waals surface area contributed by atoms with Gasteiger partial charge in [0.05, 0.1) is 36.9 Å². The predicted molar refractivity (Wildman–Crippen MR) is 191 cm³/mol. The molecule has 47 heavy (non-hydrogen) atoms. The molecule has 270 valence electrons. The molecule has 0 aromatic heterocycles. The van der Waals surface area contributed by atoms with E-state index >= 15 is 0 Å². The number of nitrogens with zero attached hydrogens (tertiary/aromatic N) is 2. The maximum atomic E-state index is 13.5. The van der Waals surface area contributed by atoms with Crippen molar-refractivity contribution in [2.75, 3.05) is 38.2 Å². The third kappa shape index (κ3) is 11.6. The van der Waals surface area contributed by atoms with Gasteiger partial charge in [-0.3, -0.25) is 9.59 Å². The smallest absolute Gasteiger partial charge is 0.308 e. The average molecular weight is 777 g/mol. The molecule has 0 aliphatic carbocycles. The van der Waals surface area contributed by atoms with Crippen molar-refractivity contribution < 1.29 is 39.1 Å². The Bertz CT molecular complexity index is 1050. The highest BCUT2D eigenvalue weighted by Gasteiger charge is 2.47. The lowest BCUT2D eigenvalue weighted by Crippen LogP contribution is -2.63. The van der Waals surface area contributed by atoms with Crippen molar-refractivity contribution in [1.82, 2.24) is 9.80 Å². The molecule has 3 heterocycles.